The Labute approximate surface area is 164 Å². The van der Waals surface area contributed by atoms with Crippen LogP contribution in [0.3, 0.4) is 0 Å². The van der Waals surface area contributed by atoms with Crippen molar-refractivity contribution >= 4 is 15.8 Å². The number of benzene rings is 1. The fourth-order valence-corrected chi connectivity index (χ4v) is 3.46. The minimum Gasteiger partial charge on any atom is -0.367 e. The van der Waals surface area contributed by atoms with Crippen molar-refractivity contribution in [2.75, 3.05) is 18.4 Å². The first-order valence-electron chi connectivity index (χ1n) is 8.42. The molecule has 0 aliphatic heterocycles. The maximum atomic E-state index is 12.7. The van der Waals surface area contributed by atoms with Gasteiger partial charge in [-0.05, 0) is 43.3 Å². The van der Waals surface area contributed by atoms with Gasteiger partial charge in [0.15, 0.2) is 5.82 Å². The second kappa shape index (κ2) is 8.17. The standard InChI is InChI=1S/C17H17F3N6O2S/c1-12-7-10-26(25-12)16-6-5-15(23-24-16)21-8-9-22-29(27,28)14-4-2-3-13(11-14)17(18,19)20/h2-7,10-11,22H,8-9H2,1H3,(H,21,23). The molecule has 0 radical (unpaired) electrons. The second-order valence-corrected chi connectivity index (χ2v) is 7.80. The Morgan fingerprint density at radius 2 is 1.86 bits per heavy atom. The Morgan fingerprint density at radius 3 is 2.48 bits per heavy atom. The molecule has 12 heteroatoms. The highest BCUT2D eigenvalue weighted by atomic mass is 32.2. The molecule has 3 rings (SSSR count). The van der Waals surface area contributed by atoms with Crippen LogP contribution >= 0.6 is 0 Å². The van der Waals surface area contributed by atoms with Crippen molar-refractivity contribution in [1.82, 2.24) is 24.7 Å². The van der Waals surface area contributed by atoms with Gasteiger partial charge in [-0.2, -0.15) is 18.3 Å². The van der Waals surface area contributed by atoms with Crippen LogP contribution in [0.25, 0.3) is 5.82 Å². The molecule has 0 bridgehead atoms. The summed E-state index contributed by atoms with van der Waals surface area (Å²) >= 11 is 0. The van der Waals surface area contributed by atoms with Gasteiger partial charge in [0.1, 0.15) is 5.82 Å². The van der Waals surface area contributed by atoms with Crippen LogP contribution < -0.4 is 10.0 Å². The summed E-state index contributed by atoms with van der Waals surface area (Å²) in [6.07, 6.45) is -2.87. The third kappa shape index (κ3) is 5.29. The van der Waals surface area contributed by atoms with Crippen LogP contribution in [0, 0.1) is 6.92 Å². The predicted octanol–water partition coefficient (Wildman–Crippen LogP) is 2.38. The van der Waals surface area contributed by atoms with E-state index in [1.807, 2.05) is 13.0 Å². The Balaban J connectivity index is 1.54. The quantitative estimate of drug-likeness (QED) is 0.563. The van der Waals surface area contributed by atoms with Crippen LogP contribution in [-0.4, -0.2) is 41.5 Å². The summed E-state index contributed by atoms with van der Waals surface area (Å²) in [5.41, 5.74) is -0.191. The summed E-state index contributed by atoms with van der Waals surface area (Å²) in [5, 5.41) is 15.1. The number of anilines is 1. The van der Waals surface area contributed by atoms with E-state index in [9.17, 15) is 21.6 Å². The predicted molar refractivity (Wildman–Crippen MR) is 99.0 cm³/mol. The molecule has 2 heterocycles. The molecule has 0 fully saturated rings. The Kier molecular flexibility index (Phi) is 5.84. The number of alkyl halides is 3. The van der Waals surface area contributed by atoms with Crippen molar-refractivity contribution in [3.05, 3.63) is 59.9 Å². The van der Waals surface area contributed by atoms with Crippen molar-refractivity contribution < 1.29 is 21.6 Å². The summed E-state index contributed by atoms with van der Waals surface area (Å²) in [6.45, 7) is 1.95. The molecule has 0 saturated heterocycles. The number of nitrogens with one attached hydrogen (secondary N) is 2. The van der Waals surface area contributed by atoms with Gasteiger partial charge in [-0.1, -0.05) is 6.07 Å². The van der Waals surface area contributed by atoms with Crippen LogP contribution in [0.15, 0.2) is 53.6 Å². The number of halogens is 3. The summed E-state index contributed by atoms with van der Waals surface area (Å²) in [5.74, 6) is 0.935. The number of hydrogen-bond donors (Lipinski definition) is 2. The molecule has 0 atom stereocenters. The first-order chi connectivity index (χ1) is 13.6. The van der Waals surface area contributed by atoms with E-state index in [0.29, 0.717) is 17.7 Å². The van der Waals surface area contributed by atoms with E-state index in [4.69, 9.17) is 0 Å². The van der Waals surface area contributed by atoms with E-state index in [0.717, 1.165) is 23.9 Å². The van der Waals surface area contributed by atoms with Crippen molar-refractivity contribution in [1.29, 1.82) is 0 Å². The van der Waals surface area contributed by atoms with E-state index in [-0.39, 0.29) is 13.1 Å². The fourth-order valence-electron chi connectivity index (χ4n) is 2.38. The molecule has 0 amide bonds. The van der Waals surface area contributed by atoms with Crippen LogP contribution in [0.2, 0.25) is 0 Å². The van der Waals surface area contributed by atoms with Gasteiger partial charge in [-0.3, -0.25) is 0 Å². The molecule has 0 aliphatic rings. The average Bonchev–Trinajstić information content (AvgIpc) is 3.11. The van der Waals surface area contributed by atoms with Crippen LogP contribution in [0.5, 0.6) is 0 Å². The molecule has 0 aliphatic carbocycles. The topological polar surface area (TPSA) is 102 Å². The molecule has 29 heavy (non-hydrogen) atoms. The molecule has 3 aromatic rings. The van der Waals surface area contributed by atoms with Gasteiger partial charge < -0.3 is 5.32 Å². The van der Waals surface area contributed by atoms with Gasteiger partial charge in [-0.25, -0.2) is 17.8 Å². The van der Waals surface area contributed by atoms with E-state index in [1.54, 1.807) is 23.0 Å². The lowest BCUT2D eigenvalue weighted by Crippen LogP contribution is -2.29. The average molecular weight is 426 g/mol. The maximum Gasteiger partial charge on any atom is 0.416 e. The summed E-state index contributed by atoms with van der Waals surface area (Å²) in [4.78, 5) is -0.453. The second-order valence-electron chi connectivity index (χ2n) is 6.03. The minimum absolute atomic E-state index is 0.0552. The number of hydrogen-bond acceptors (Lipinski definition) is 6. The number of aromatic nitrogens is 4. The van der Waals surface area contributed by atoms with Gasteiger partial charge >= 0.3 is 6.18 Å². The van der Waals surface area contributed by atoms with Gasteiger partial charge in [0.2, 0.25) is 10.0 Å². The lowest BCUT2D eigenvalue weighted by Gasteiger charge is -2.11. The zero-order valence-electron chi connectivity index (χ0n) is 15.2. The first-order valence-corrected chi connectivity index (χ1v) is 9.91. The van der Waals surface area contributed by atoms with Crippen LogP contribution in [0.4, 0.5) is 19.0 Å². The molecule has 0 spiro atoms. The largest absolute Gasteiger partial charge is 0.416 e. The van der Waals surface area contributed by atoms with Crippen molar-refractivity contribution in [2.24, 2.45) is 0 Å². The smallest absolute Gasteiger partial charge is 0.367 e. The first kappa shape index (κ1) is 20.7. The van der Waals surface area contributed by atoms with E-state index < -0.39 is 26.7 Å². The van der Waals surface area contributed by atoms with Gasteiger partial charge in [0.05, 0.1) is 16.2 Å². The fraction of sp³-hybridized carbons (Fsp3) is 0.235. The Hall–Kier alpha value is -2.99. The number of sulfonamides is 1. The number of rotatable bonds is 7. The highest BCUT2D eigenvalue weighted by Crippen LogP contribution is 2.30. The van der Waals surface area contributed by atoms with Gasteiger partial charge in [0, 0.05) is 19.3 Å². The summed E-state index contributed by atoms with van der Waals surface area (Å²) < 4.78 is 66.4. The van der Waals surface area contributed by atoms with E-state index in [2.05, 4.69) is 25.3 Å². The zero-order chi connectivity index (χ0) is 21.1. The van der Waals surface area contributed by atoms with Crippen LogP contribution in [-0.2, 0) is 16.2 Å². The third-order valence-electron chi connectivity index (χ3n) is 3.80. The summed E-state index contributed by atoms with van der Waals surface area (Å²) in [6, 6.07) is 8.73. The molecular formula is C17H17F3N6O2S. The number of nitrogens with zero attached hydrogens (tertiary/aromatic N) is 4. The molecule has 8 nitrogen and oxygen atoms in total. The van der Waals surface area contributed by atoms with E-state index >= 15 is 0 Å². The van der Waals surface area contributed by atoms with Crippen molar-refractivity contribution in [3.63, 3.8) is 0 Å². The van der Waals surface area contributed by atoms with Crippen molar-refractivity contribution in [3.8, 4) is 5.82 Å². The maximum absolute atomic E-state index is 12.7. The van der Waals surface area contributed by atoms with Crippen LogP contribution in [0.1, 0.15) is 11.3 Å². The Bertz CT molecular complexity index is 1080. The molecule has 0 saturated carbocycles. The van der Waals surface area contributed by atoms with E-state index in [1.165, 1.54) is 0 Å². The van der Waals surface area contributed by atoms with Crippen molar-refractivity contribution in [2.45, 2.75) is 18.0 Å². The minimum atomic E-state index is -4.62. The van der Waals surface area contributed by atoms with Gasteiger partial charge in [0.25, 0.3) is 0 Å². The molecular weight excluding hydrogens is 409 g/mol. The third-order valence-corrected chi connectivity index (χ3v) is 5.26. The lowest BCUT2D eigenvalue weighted by molar-refractivity contribution is -0.137. The lowest BCUT2D eigenvalue weighted by atomic mass is 10.2. The monoisotopic (exact) mass is 426 g/mol. The zero-order valence-corrected chi connectivity index (χ0v) is 16.0. The SMILES string of the molecule is Cc1ccn(-c2ccc(NCCNS(=O)(=O)c3cccc(C(F)(F)F)c3)nn2)n1. The van der Waals surface area contributed by atoms with Gasteiger partial charge in [-0.15, -0.1) is 10.2 Å². The normalized spacial score (nSPS) is 12.1. The molecule has 0 unspecified atom stereocenters. The highest BCUT2D eigenvalue weighted by Gasteiger charge is 2.31. The molecule has 2 N–H and O–H groups in total. The highest BCUT2D eigenvalue weighted by molar-refractivity contribution is 7.89. The Morgan fingerprint density at radius 1 is 1.07 bits per heavy atom. The molecule has 1 aromatic carbocycles. The summed E-state index contributed by atoms with van der Waals surface area (Å²) in [7, 11) is -4.08. The molecule has 154 valence electrons. The number of aryl methyl sites for hydroxylation is 1. The molecule has 2 aromatic heterocycles.